The molecule has 0 radical (unpaired) electrons. The number of nitrogens with two attached hydrogens (primary N) is 1. The topological polar surface area (TPSA) is 78.6 Å². The van der Waals surface area contributed by atoms with Crippen molar-refractivity contribution in [1.82, 2.24) is 10.3 Å². The number of rotatable bonds is 5. The van der Waals surface area contributed by atoms with Gasteiger partial charge in [-0.1, -0.05) is 0 Å². The summed E-state index contributed by atoms with van der Waals surface area (Å²) in [7, 11) is 1.85. The zero-order valence-corrected chi connectivity index (χ0v) is 7.58. The Labute approximate surface area is 72.5 Å². The summed E-state index contributed by atoms with van der Waals surface area (Å²) in [4.78, 5) is 12.7. The van der Waals surface area contributed by atoms with Crippen LogP contribution in [0.25, 0.3) is 0 Å². The van der Waals surface area contributed by atoms with Crippen LogP contribution in [0, 0.1) is 0 Å². The second-order valence-corrected chi connectivity index (χ2v) is 2.82. The minimum absolute atomic E-state index is 0.0979. The molecule has 4 N–H and O–H groups in total. The van der Waals surface area contributed by atoms with E-state index in [1.807, 2.05) is 18.9 Å². The van der Waals surface area contributed by atoms with Crippen molar-refractivity contribution in [1.29, 1.82) is 0 Å². The van der Waals surface area contributed by atoms with E-state index in [1.54, 1.807) is 0 Å². The third kappa shape index (κ3) is 4.27. The molecule has 0 heterocycles. The molecule has 0 saturated carbocycles. The molecule has 5 heteroatoms. The third-order valence-electron chi connectivity index (χ3n) is 1.85. The number of amides is 1. The lowest BCUT2D eigenvalue weighted by Crippen LogP contribution is -2.38. The number of likely N-dealkylation sites (N-methyl/N-ethyl adjacent to an activating group) is 1. The monoisotopic (exact) mass is 175 g/mol. The number of aliphatic hydroxyl groups is 1. The maximum atomic E-state index is 10.8. The summed E-state index contributed by atoms with van der Waals surface area (Å²) in [5.74, 6) is 4.74. The first-order chi connectivity index (χ1) is 5.61. The van der Waals surface area contributed by atoms with Crippen molar-refractivity contribution in [3.05, 3.63) is 0 Å². The van der Waals surface area contributed by atoms with Gasteiger partial charge in [0.25, 0.3) is 0 Å². The molecule has 72 valence electrons. The second kappa shape index (κ2) is 5.93. The van der Waals surface area contributed by atoms with Gasteiger partial charge in [0, 0.05) is 19.0 Å². The highest BCUT2D eigenvalue weighted by atomic mass is 16.3. The van der Waals surface area contributed by atoms with Gasteiger partial charge >= 0.3 is 0 Å². The van der Waals surface area contributed by atoms with Crippen molar-refractivity contribution in [3.8, 4) is 0 Å². The molecule has 0 aromatic carbocycles. The summed E-state index contributed by atoms with van der Waals surface area (Å²) in [6.07, 6.45) is 0.354. The van der Waals surface area contributed by atoms with E-state index in [4.69, 9.17) is 10.9 Å². The minimum atomic E-state index is -0.188. The molecule has 5 nitrogen and oxygen atoms in total. The summed E-state index contributed by atoms with van der Waals surface area (Å²) in [6.45, 7) is 2.58. The van der Waals surface area contributed by atoms with Gasteiger partial charge in [-0.05, 0) is 14.0 Å². The summed E-state index contributed by atoms with van der Waals surface area (Å²) in [6, 6.07) is 0.0979. The van der Waals surface area contributed by atoms with Gasteiger partial charge in [-0.2, -0.15) is 0 Å². The molecule has 0 aliphatic carbocycles. The molecule has 0 aliphatic heterocycles. The number of hydrogen-bond donors (Lipinski definition) is 3. The Hall–Kier alpha value is -0.650. The van der Waals surface area contributed by atoms with Gasteiger partial charge in [0.15, 0.2) is 0 Å². The maximum Gasteiger partial charge on any atom is 0.235 e. The van der Waals surface area contributed by atoms with Crippen LogP contribution in [0.3, 0.4) is 0 Å². The Kier molecular flexibility index (Phi) is 5.61. The number of hydrogen-bond acceptors (Lipinski definition) is 4. The van der Waals surface area contributed by atoms with E-state index in [2.05, 4.69) is 5.43 Å². The fourth-order valence-electron chi connectivity index (χ4n) is 0.861. The number of hydrazine groups is 1. The van der Waals surface area contributed by atoms with Crippen molar-refractivity contribution in [2.45, 2.75) is 19.4 Å². The third-order valence-corrected chi connectivity index (χ3v) is 1.85. The zero-order valence-electron chi connectivity index (χ0n) is 7.58. The van der Waals surface area contributed by atoms with E-state index in [0.717, 1.165) is 0 Å². The molecular weight excluding hydrogens is 158 g/mol. The standard InChI is InChI=1S/C7H17N3O2/c1-6(5-7(12)9-8)10(2)3-4-11/h6,11H,3-5,8H2,1-2H3,(H,9,12). The predicted octanol–water partition coefficient (Wildman–Crippen LogP) is -1.32. The van der Waals surface area contributed by atoms with E-state index in [0.29, 0.717) is 13.0 Å². The van der Waals surface area contributed by atoms with E-state index in [-0.39, 0.29) is 18.6 Å². The number of nitrogens with zero attached hydrogens (tertiary/aromatic N) is 1. The molecule has 1 amide bonds. The smallest absolute Gasteiger partial charge is 0.235 e. The van der Waals surface area contributed by atoms with E-state index >= 15 is 0 Å². The molecule has 0 rings (SSSR count). The maximum absolute atomic E-state index is 10.8. The van der Waals surface area contributed by atoms with Crippen LogP contribution < -0.4 is 11.3 Å². The minimum Gasteiger partial charge on any atom is -0.395 e. The van der Waals surface area contributed by atoms with Gasteiger partial charge < -0.3 is 10.0 Å². The average Bonchev–Trinajstić information content (AvgIpc) is 2.04. The first kappa shape index (κ1) is 11.4. The lowest BCUT2D eigenvalue weighted by atomic mass is 10.2. The normalized spacial score (nSPS) is 13.1. The van der Waals surface area contributed by atoms with Crippen molar-refractivity contribution >= 4 is 5.91 Å². The van der Waals surface area contributed by atoms with E-state index < -0.39 is 0 Å². The fourth-order valence-corrected chi connectivity index (χ4v) is 0.861. The molecule has 0 fully saturated rings. The van der Waals surface area contributed by atoms with Crippen LogP contribution in [0.1, 0.15) is 13.3 Å². The summed E-state index contributed by atoms with van der Waals surface area (Å²) in [5, 5.41) is 8.61. The van der Waals surface area contributed by atoms with Crippen molar-refractivity contribution in [2.75, 3.05) is 20.2 Å². The van der Waals surface area contributed by atoms with Gasteiger partial charge in [-0.3, -0.25) is 10.2 Å². The van der Waals surface area contributed by atoms with Crippen LogP contribution in [-0.2, 0) is 4.79 Å². The Morgan fingerprint density at radius 1 is 1.75 bits per heavy atom. The predicted molar refractivity (Wildman–Crippen MR) is 46.1 cm³/mol. The number of aliphatic hydroxyl groups excluding tert-OH is 1. The molecule has 12 heavy (non-hydrogen) atoms. The van der Waals surface area contributed by atoms with Crippen LogP contribution in [0.15, 0.2) is 0 Å². The molecule has 0 saturated heterocycles. The zero-order chi connectivity index (χ0) is 9.56. The van der Waals surface area contributed by atoms with Gasteiger partial charge in [0.2, 0.25) is 5.91 Å². The number of nitrogens with one attached hydrogen (secondary N) is 1. The highest BCUT2D eigenvalue weighted by Crippen LogP contribution is 1.99. The molecule has 1 atom stereocenters. The van der Waals surface area contributed by atoms with E-state index in [9.17, 15) is 4.79 Å². The largest absolute Gasteiger partial charge is 0.395 e. The van der Waals surface area contributed by atoms with Crippen molar-refractivity contribution < 1.29 is 9.90 Å². The van der Waals surface area contributed by atoms with Crippen LogP contribution in [0.2, 0.25) is 0 Å². The highest BCUT2D eigenvalue weighted by Gasteiger charge is 2.11. The van der Waals surface area contributed by atoms with Gasteiger partial charge in [0.1, 0.15) is 0 Å². The van der Waals surface area contributed by atoms with Gasteiger partial charge in [-0.15, -0.1) is 0 Å². The van der Waals surface area contributed by atoms with Gasteiger partial charge in [-0.25, -0.2) is 5.84 Å². The first-order valence-corrected chi connectivity index (χ1v) is 3.92. The highest BCUT2D eigenvalue weighted by molar-refractivity contribution is 5.75. The quantitative estimate of drug-likeness (QED) is 0.275. The van der Waals surface area contributed by atoms with Crippen molar-refractivity contribution in [3.63, 3.8) is 0 Å². The van der Waals surface area contributed by atoms with Crippen LogP contribution in [0.5, 0.6) is 0 Å². The molecule has 0 bridgehead atoms. The molecule has 0 aliphatic rings. The summed E-state index contributed by atoms with van der Waals surface area (Å²) < 4.78 is 0. The SMILES string of the molecule is CC(CC(=O)NN)N(C)CCO. The number of carbonyl (C=O) groups is 1. The first-order valence-electron chi connectivity index (χ1n) is 3.92. The average molecular weight is 175 g/mol. The van der Waals surface area contributed by atoms with E-state index in [1.165, 1.54) is 0 Å². The fraction of sp³-hybridized carbons (Fsp3) is 0.857. The van der Waals surface area contributed by atoms with Crippen LogP contribution in [-0.4, -0.2) is 42.2 Å². The van der Waals surface area contributed by atoms with Crippen LogP contribution in [0.4, 0.5) is 0 Å². The van der Waals surface area contributed by atoms with Crippen LogP contribution >= 0.6 is 0 Å². The Morgan fingerprint density at radius 2 is 2.33 bits per heavy atom. The Bertz CT molecular complexity index is 141. The van der Waals surface area contributed by atoms with Gasteiger partial charge in [0.05, 0.1) is 6.61 Å². The Balaban J connectivity index is 3.69. The molecule has 0 spiro atoms. The lowest BCUT2D eigenvalue weighted by molar-refractivity contribution is -0.122. The Morgan fingerprint density at radius 3 is 2.75 bits per heavy atom. The van der Waals surface area contributed by atoms with Crippen molar-refractivity contribution in [2.24, 2.45) is 5.84 Å². The molecule has 0 aromatic heterocycles. The summed E-state index contributed by atoms with van der Waals surface area (Å²) in [5.41, 5.74) is 2.06. The number of carbonyl (C=O) groups excluding carboxylic acids is 1. The molecular formula is C7H17N3O2. The summed E-state index contributed by atoms with van der Waals surface area (Å²) >= 11 is 0. The molecule has 0 aromatic rings. The molecule has 1 unspecified atom stereocenters. The lowest BCUT2D eigenvalue weighted by Gasteiger charge is -2.22. The second-order valence-electron chi connectivity index (χ2n) is 2.82.